The number of nitrogen functional groups attached to an aromatic ring is 1. The van der Waals surface area contributed by atoms with Crippen LogP contribution in [-0.4, -0.2) is 81.5 Å². The molecular weight excluding hydrogens is 534 g/mol. The molecule has 0 bridgehead atoms. The highest BCUT2D eigenvalue weighted by molar-refractivity contribution is 5.45. The second-order valence-electron chi connectivity index (χ2n) is 16.9. The molecule has 3 fully saturated rings. The summed E-state index contributed by atoms with van der Waals surface area (Å²) < 4.78 is 0. The molecule has 1 aromatic rings. The third-order valence-electron chi connectivity index (χ3n) is 9.72. The second-order valence-corrected chi connectivity index (χ2v) is 16.9. The smallest absolute Gasteiger partial charge is 0.232 e. The zero-order valence-corrected chi connectivity index (χ0v) is 27.9. The Morgan fingerprint density at radius 1 is 0.595 bits per heavy atom. The van der Waals surface area contributed by atoms with Crippen LogP contribution >= 0.6 is 0 Å². The first-order valence-corrected chi connectivity index (χ1v) is 15.4. The van der Waals surface area contributed by atoms with Gasteiger partial charge in [0.1, 0.15) is 0 Å². The van der Waals surface area contributed by atoms with E-state index in [1.54, 1.807) is 0 Å². The molecular formula is C30H54N9O3. The zero-order chi connectivity index (χ0) is 31.8. The number of nitrogens with one attached hydrogen (secondary N) is 1. The van der Waals surface area contributed by atoms with Gasteiger partial charge in [-0.1, -0.05) is 0 Å². The van der Waals surface area contributed by atoms with Crippen molar-refractivity contribution in [3.05, 3.63) is 0 Å². The quantitative estimate of drug-likeness (QED) is 0.496. The molecule has 0 aliphatic carbocycles. The summed E-state index contributed by atoms with van der Waals surface area (Å²) in [6.45, 7) is 23.7. The summed E-state index contributed by atoms with van der Waals surface area (Å²) in [5.41, 5.74) is 2.78. The number of nitrogens with zero attached hydrogens (tertiary/aromatic N) is 7. The second kappa shape index (κ2) is 10.4. The normalized spacial score (nSPS) is 28.5. The van der Waals surface area contributed by atoms with E-state index >= 15 is 0 Å². The minimum atomic E-state index is -0.613. The van der Waals surface area contributed by atoms with Gasteiger partial charge in [0.15, 0.2) is 0 Å². The van der Waals surface area contributed by atoms with Gasteiger partial charge >= 0.3 is 0 Å². The summed E-state index contributed by atoms with van der Waals surface area (Å²) in [5.74, 6) is 0.932. The number of hydrogen-bond donors (Lipinski definition) is 2. The van der Waals surface area contributed by atoms with Crippen molar-refractivity contribution < 1.29 is 15.6 Å². The van der Waals surface area contributed by atoms with Gasteiger partial charge in [0.05, 0.1) is 0 Å². The summed E-state index contributed by atoms with van der Waals surface area (Å²) in [6, 6.07) is -0.163. The molecule has 0 amide bonds. The first kappa shape index (κ1) is 33.1. The molecule has 3 saturated heterocycles. The van der Waals surface area contributed by atoms with E-state index in [1.165, 1.54) is 15.2 Å². The van der Waals surface area contributed by atoms with Gasteiger partial charge in [-0.25, -0.2) is 0 Å². The number of rotatable bonds is 5. The van der Waals surface area contributed by atoms with Crippen LogP contribution in [0.15, 0.2) is 0 Å². The molecule has 0 unspecified atom stereocenters. The van der Waals surface area contributed by atoms with Gasteiger partial charge in [-0.15, -0.1) is 30.8 Å². The van der Waals surface area contributed by atoms with E-state index in [-0.39, 0.29) is 24.1 Å². The first-order chi connectivity index (χ1) is 18.9. The highest BCUT2D eigenvalue weighted by atomic mass is 16.5. The maximum atomic E-state index is 13.3. The van der Waals surface area contributed by atoms with Gasteiger partial charge in [-0.2, -0.15) is 15.0 Å². The van der Waals surface area contributed by atoms with E-state index < -0.39 is 33.2 Å². The van der Waals surface area contributed by atoms with Crippen molar-refractivity contribution in [1.29, 1.82) is 0 Å². The van der Waals surface area contributed by atoms with Crippen molar-refractivity contribution in [2.45, 2.75) is 173 Å². The third kappa shape index (κ3) is 6.21. The van der Waals surface area contributed by atoms with Crippen LogP contribution in [-0.2, 0) is 15.6 Å². The van der Waals surface area contributed by atoms with Gasteiger partial charge in [-0.05, 0) is 122 Å². The molecule has 12 heteroatoms. The van der Waals surface area contributed by atoms with Crippen LogP contribution < -0.4 is 16.0 Å². The van der Waals surface area contributed by atoms with E-state index in [9.17, 15) is 15.6 Å². The summed E-state index contributed by atoms with van der Waals surface area (Å²) in [5, 5.41) is 46.7. The van der Waals surface area contributed by atoms with Gasteiger partial charge < -0.3 is 16.0 Å². The van der Waals surface area contributed by atoms with Crippen molar-refractivity contribution in [2.24, 2.45) is 0 Å². The summed E-state index contributed by atoms with van der Waals surface area (Å²) in [7, 11) is 0. The zero-order valence-electron chi connectivity index (χ0n) is 27.9. The van der Waals surface area contributed by atoms with E-state index in [0.717, 1.165) is 0 Å². The Morgan fingerprint density at radius 2 is 0.929 bits per heavy atom. The van der Waals surface area contributed by atoms with Crippen LogP contribution in [0.4, 0.5) is 17.8 Å². The SMILES string of the molecule is CC1(C)CC(Nc2nc(N)nc(N(C3CC(C)(C)N([O])C(C)(C)C3)C3CC(C)(C)N([O])C(C)(C)C3)n2)CC(C)(C)N1[O]. The van der Waals surface area contributed by atoms with Crippen molar-refractivity contribution >= 4 is 17.8 Å². The lowest BCUT2D eigenvalue weighted by atomic mass is 9.75. The average molecular weight is 589 g/mol. The van der Waals surface area contributed by atoms with Crippen molar-refractivity contribution in [3.63, 3.8) is 0 Å². The lowest BCUT2D eigenvalue weighted by Crippen LogP contribution is -2.67. The fourth-order valence-corrected chi connectivity index (χ4v) is 8.55. The predicted molar refractivity (Wildman–Crippen MR) is 161 cm³/mol. The summed E-state index contributed by atoms with van der Waals surface area (Å²) in [6.07, 6.45) is 3.68. The molecule has 3 aliphatic heterocycles. The molecule has 3 aliphatic rings. The number of aromatic nitrogens is 3. The Hall–Kier alpha value is -1.83. The Kier molecular flexibility index (Phi) is 8.17. The number of piperidine rings is 3. The molecule has 4 heterocycles. The number of nitrogens with two attached hydrogens (primary N) is 1. The minimum absolute atomic E-state index is 0.0357. The molecule has 0 atom stereocenters. The molecule has 0 spiro atoms. The van der Waals surface area contributed by atoms with Gasteiger partial charge in [0.25, 0.3) is 0 Å². The molecule has 0 saturated carbocycles. The third-order valence-corrected chi connectivity index (χ3v) is 9.72. The Balaban J connectivity index is 1.76. The van der Waals surface area contributed by atoms with E-state index in [2.05, 4.69) is 20.2 Å². The van der Waals surface area contributed by atoms with E-state index in [1.807, 2.05) is 83.1 Å². The molecule has 0 aromatic carbocycles. The van der Waals surface area contributed by atoms with Gasteiger partial charge in [0.2, 0.25) is 17.8 Å². The van der Waals surface area contributed by atoms with Crippen LogP contribution in [0.5, 0.6) is 0 Å². The number of hydrogen-bond acceptors (Lipinski definition) is 9. The molecule has 3 radical (unpaired) electrons. The van der Waals surface area contributed by atoms with Gasteiger partial charge in [0, 0.05) is 51.4 Å². The van der Waals surface area contributed by atoms with Crippen LogP contribution in [0, 0.1) is 0 Å². The van der Waals surface area contributed by atoms with Gasteiger partial charge in [-0.3, -0.25) is 0 Å². The van der Waals surface area contributed by atoms with E-state index in [0.29, 0.717) is 50.4 Å². The van der Waals surface area contributed by atoms with Crippen molar-refractivity contribution in [2.75, 3.05) is 16.0 Å². The monoisotopic (exact) mass is 588 g/mol. The lowest BCUT2D eigenvalue weighted by Gasteiger charge is -2.57. The highest BCUT2D eigenvalue weighted by Crippen LogP contribution is 2.45. The summed E-state index contributed by atoms with van der Waals surface area (Å²) in [4.78, 5) is 16.3. The summed E-state index contributed by atoms with van der Waals surface area (Å²) >= 11 is 0. The van der Waals surface area contributed by atoms with E-state index in [4.69, 9.17) is 10.7 Å². The standard InChI is InChI=1S/C30H54N9O3/c1-25(2)13-19(14-26(3,4)37(25)40)32-23-33-22(31)34-24(35-23)36(20-15-27(5,6)38(41)28(7,8)16-20)21-17-29(9,10)39(42)30(11,12)18-21/h19-21H,13-18H2,1-12H3,(H3,31,32,33,34,35). The van der Waals surface area contributed by atoms with Crippen LogP contribution in [0.1, 0.15) is 122 Å². The van der Waals surface area contributed by atoms with Crippen LogP contribution in [0.2, 0.25) is 0 Å². The molecule has 3 N–H and O–H groups in total. The Labute approximate surface area is 252 Å². The lowest BCUT2D eigenvalue weighted by molar-refractivity contribution is -0.294. The number of hydroxylamine groups is 6. The fourth-order valence-electron chi connectivity index (χ4n) is 8.55. The topological polar surface area (TPSA) is 149 Å². The fraction of sp³-hybridized carbons (Fsp3) is 0.900. The average Bonchev–Trinajstić information content (AvgIpc) is 2.78. The largest absolute Gasteiger partial charge is 0.368 e. The molecule has 42 heavy (non-hydrogen) atoms. The Morgan fingerprint density at radius 3 is 1.29 bits per heavy atom. The molecule has 1 aromatic heterocycles. The minimum Gasteiger partial charge on any atom is -0.368 e. The number of anilines is 3. The molecule has 4 rings (SSSR count). The molecule has 12 nitrogen and oxygen atoms in total. The van der Waals surface area contributed by atoms with Crippen LogP contribution in [0.25, 0.3) is 0 Å². The highest BCUT2D eigenvalue weighted by Gasteiger charge is 2.53. The Bertz CT molecular complexity index is 1060. The van der Waals surface area contributed by atoms with Crippen molar-refractivity contribution in [1.82, 2.24) is 30.1 Å². The first-order valence-electron chi connectivity index (χ1n) is 15.4. The molecule has 237 valence electrons. The van der Waals surface area contributed by atoms with Crippen LogP contribution in [0.3, 0.4) is 0 Å². The van der Waals surface area contributed by atoms with Crippen molar-refractivity contribution in [3.8, 4) is 0 Å². The maximum absolute atomic E-state index is 13.3. The predicted octanol–water partition coefficient (Wildman–Crippen LogP) is 4.77. The maximum Gasteiger partial charge on any atom is 0.232 e.